The Kier molecular flexibility index (Phi) is 6.50. The molecule has 1 amide bonds. The van der Waals surface area contributed by atoms with Crippen molar-refractivity contribution in [2.45, 2.75) is 30.7 Å². The number of halogens is 3. The minimum Gasteiger partial charge on any atom is -0.349 e. The highest BCUT2D eigenvalue weighted by atomic mass is 35.5. The molecule has 156 valence electrons. The second-order valence-corrected chi connectivity index (χ2v) is 9.14. The second kappa shape index (κ2) is 8.73. The zero-order valence-corrected chi connectivity index (χ0v) is 17.2. The van der Waals surface area contributed by atoms with Gasteiger partial charge in [-0.3, -0.25) is 4.79 Å². The topological polar surface area (TPSA) is 79.4 Å². The molecule has 1 aromatic carbocycles. The first-order valence-corrected chi connectivity index (χ1v) is 10.9. The highest BCUT2D eigenvalue weighted by molar-refractivity contribution is 7.89. The van der Waals surface area contributed by atoms with Gasteiger partial charge in [0, 0.05) is 25.2 Å². The Morgan fingerprint density at radius 1 is 1.24 bits per heavy atom. The molecular formula is C19H20ClF2N3O3S. The van der Waals surface area contributed by atoms with E-state index in [1.807, 2.05) is 0 Å². The number of hydrogen-bond donors (Lipinski definition) is 1. The molecule has 1 aliphatic rings. The lowest BCUT2D eigenvalue weighted by molar-refractivity contribution is -0.126. The Labute approximate surface area is 172 Å². The van der Waals surface area contributed by atoms with Crippen LogP contribution in [0, 0.1) is 17.6 Å². The molecule has 0 radical (unpaired) electrons. The average molecular weight is 444 g/mol. The van der Waals surface area contributed by atoms with Crippen LogP contribution in [0.2, 0.25) is 5.15 Å². The fraction of sp³-hybridized carbons (Fsp3) is 0.368. The molecule has 1 N–H and O–H groups in total. The third-order valence-corrected chi connectivity index (χ3v) is 7.31. The first-order valence-electron chi connectivity index (χ1n) is 9.06. The van der Waals surface area contributed by atoms with E-state index in [9.17, 15) is 22.0 Å². The van der Waals surface area contributed by atoms with Gasteiger partial charge in [-0.05, 0) is 49.6 Å². The summed E-state index contributed by atoms with van der Waals surface area (Å²) < 4.78 is 53.2. The summed E-state index contributed by atoms with van der Waals surface area (Å²) in [4.78, 5) is 16.3. The Morgan fingerprint density at radius 3 is 2.55 bits per heavy atom. The van der Waals surface area contributed by atoms with Gasteiger partial charge in [0.25, 0.3) is 0 Å². The number of pyridine rings is 1. The molecule has 0 bridgehead atoms. The molecule has 3 rings (SSSR count). The van der Waals surface area contributed by atoms with Gasteiger partial charge in [0.1, 0.15) is 10.0 Å². The molecule has 1 aliphatic heterocycles. The number of sulfonamides is 1. The summed E-state index contributed by atoms with van der Waals surface area (Å²) in [6.45, 7) is 2.02. The molecule has 1 unspecified atom stereocenters. The lowest BCUT2D eigenvalue weighted by Gasteiger charge is -2.31. The van der Waals surface area contributed by atoms with Crippen molar-refractivity contribution < 1.29 is 22.0 Å². The smallest absolute Gasteiger partial charge is 0.246 e. The van der Waals surface area contributed by atoms with Crippen LogP contribution < -0.4 is 5.32 Å². The molecule has 2 aromatic rings. The van der Waals surface area contributed by atoms with Crippen molar-refractivity contribution >= 4 is 27.5 Å². The summed E-state index contributed by atoms with van der Waals surface area (Å²) in [6, 6.07) is 5.86. The maximum Gasteiger partial charge on any atom is 0.246 e. The van der Waals surface area contributed by atoms with Crippen molar-refractivity contribution in [2.24, 2.45) is 5.92 Å². The number of carbonyl (C=O) groups is 1. The van der Waals surface area contributed by atoms with Gasteiger partial charge in [-0.25, -0.2) is 22.2 Å². The van der Waals surface area contributed by atoms with E-state index in [2.05, 4.69) is 10.3 Å². The van der Waals surface area contributed by atoms with Crippen LogP contribution >= 0.6 is 11.6 Å². The van der Waals surface area contributed by atoms with Crippen molar-refractivity contribution in [3.05, 3.63) is 58.9 Å². The number of piperidine rings is 1. The highest BCUT2D eigenvalue weighted by Crippen LogP contribution is 2.27. The molecule has 1 aromatic heterocycles. The average Bonchev–Trinajstić information content (AvgIpc) is 2.70. The summed E-state index contributed by atoms with van der Waals surface area (Å²) in [6.07, 6.45) is 2.09. The largest absolute Gasteiger partial charge is 0.349 e. The summed E-state index contributed by atoms with van der Waals surface area (Å²) in [5.74, 6) is -2.55. The quantitative estimate of drug-likeness (QED) is 0.719. The summed E-state index contributed by atoms with van der Waals surface area (Å²) in [5.41, 5.74) is 0.448. The number of rotatable bonds is 5. The van der Waals surface area contributed by atoms with Gasteiger partial charge in [-0.1, -0.05) is 17.7 Å². The number of nitrogens with zero attached hydrogens (tertiary/aromatic N) is 2. The van der Waals surface area contributed by atoms with Crippen molar-refractivity contribution in [3.8, 4) is 0 Å². The third-order valence-electron chi connectivity index (χ3n) is 4.97. The van der Waals surface area contributed by atoms with Crippen molar-refractivity contribution in [1.82, 2.24) is 14.6 Å². The fourth-order valence-electron chi connectivity index (χ4n) is 3.26. The van der Waals surface area contributed by atoms with Crippen LogP contribution in [0.15, 0.2) is 41.4 Å². The Morgan fingerprint density at radius 2 is 1.93 bits per heavy atom. The molecule has 6 nitrogen and oxygen atoms in total. The first-order chi connectivity index (χ1) is 13.7. The van der Waals surface area contributed by atoms with Gasteiger partial charge in [0.05, 0.1) is 6.04 Å². The van der Waals surface area contributed by atoms with E-state index in [1.54, 1.807) is 6.92 Å². The molecule has 1 atom stereocenters. The number of nitrogens with one attached hydrogen (secondary N) is 1. The monoisotopic (exact) mass is 443 g/mol. The number of carbonyl (C=O) groups excluding carboxylic acids is 1. The van der Waals surface area contributed by atoms with Gasteiger partial charge >= 0.3 is 0 Å². The van der Waals surface area contributed by atoms with Gasteiger partial charge in [0.2, 0.25) is 15.9 Å². The number of benzene rings is 1. The third kappa shape index (κ3) is 4.73. The molecule has 0 saturated carbocycles. The van der Waals surface area contributed by atoms with Crippen LogP contribution in [0.3, 0.4) is 0 Å². The fourth-order valence-corrected chi connectivity index (χ4v) is 5.16. The summed E-state index contributed by atoms with van der Waals surface area (Å²) >= 11 is 5.91. The van der Waals surface area contributed by atoms with Crippen LogP contribution in [-0.2, 0) is 14.8 Å². The van der Waals surface area contributed by atoms with E-state index in [4.69, 9.17) is 11.6 Å². The van der Waals surface area contributed by atoms with Crippen molar-refractivity contribution in [3.63, 3.8) is 0 Å². The van der Waals surface area contributed by atoms with Gasteiger partial charge in [-0.2, -0.15) is 4.31 Å². The van der Waals surface area contributed by atoms with Gasteiger partial charge in [-0.15, -0.1) is 0 Å². The second-order valence-electron chi connectivity index (χ2n) is 6.87. The molecule has 29 heavy (non-hydrogen) atoms. The minimum absolute atomic E-state index is 0.0588. The zero-order valence-electron chi connectivity index (χ0n) is 15.6. The zero-order chi connectivity index (χ0) is 21.2. The highest BCUT2D eigenvalue weighted by Gasteiger charge is 2.33. The summed E-state index contributed by atoms with van der Waals surface area (Å²) in [5, 5.41) is 2.69. The molecule has 2 heterocycles. The van der Waals surface area contributed by atoms with Crippen LogP contribution in [0.5, 0.6) is 0 Å². The molecular weight excluding hydrogens is 424 g/mol. The lowest BCUT2D eigenvalue weighted by atomic mass is 9.96. The Bertz CT molecular complexity index is 1010. The lowest BCUT2D eigenvalue weighted by Crippen LogP contribution is -2.43. The van der Waals surface area contributed by atoms with E-state index >= 15 is 0 Å². The maximum atomic E-state index is 13.4. The SMILES string of the molecule is CC(NC(=O)C1CCN(S(=O)(=O)c2cccnc2Cl)CC1)c1ccc(F)c(F)c1. The minimum atomic E-state index is -3.79. The predicted molar refractivity (Wildman–Crippen MR) is 104 cm³/mol. The summed E-state index contributed by atoms with van der Waals surface area (Å²) in [7, 11) is -3.79. The number of amides is 1. The van der Waals surface area contributed by atoms with E-state index in [0.29, 0.717) is 18.4 Å². The molecule has 1 saturated heterocycles. The van der Waals surface area contributed by atoms with Crippen LogP contribution in [0.1, 0.15) is 31.4 Å². The Hall–Kier alpha value is -2.10. The van der Waals surface area contributed by atoms with E-state index in [0.717, 1.165) is 12.1 Å². The normalized spacial score (nSPS) is 17.1. The predicted octanol–water partition coefficient (Wildman–Crippen LogP) is 3.29. The molecule has 10 heteroatoms. The van der Waals surface area contributed by atoms with E-state index in [1.165, 1.54) is 28.7 Å². The van der Waals surface area contributed by atoms with E-state index < -0.39 is 27.7 Å². The van der Waals surface area contributed by atoms with Crippen LogP contribution in [0.4, 0.5) is 8.78 Å². The van der Waals surface area contributed by atoms with Crippen LogP contribution in [0.25, 0.3) is 0 Å². The first kappa shape index (κ1) is 21.6. The Balaban J connectivity index is 1.61. The van der Waals surface area contributed by atoms with Crippen LogP contribution in [-0.4, -0.2) is 36.7 Å². The van der Waals surface area contributed by atoms with Crippen molar-refractivity contribution in [2.75, 3.05) is 13.1 Å². The number of hydrogen-bond acceptors (Lipinski definition) is 4. The van der Waals surface area contributed by atoms with Crippen molar-refractivity contribution in [1.29, 1.82) is 0 Å². The van der Waals surface area contributed by atoms with Gasteiger partial charge < -0.3 is 5.32 Å². The number of aromatic nitrogens is 1. The molecule has 0 aliphatic carbocycles. The molecule has 1 fully saturated rings. The van der Waals surface area contributed by atoms with E-state index in [-0.39, 0.29) is 35.0 Å². The maximum absolute atomic E-state index is 13.4. The molecule has 0 spiro atoms. The standard InChI is InChI=1S/C19H20ClF2N3O3S/c1-12(14-4-5-15(21)16(22)11-14)24-19(26)13-6-9-25(10-7-13)29(27,28)17-3-2-8-23-18(17)20/h2-5,8,11-13H,6-7,9-10H2,1H3,(H,24,26). The van der Waals surface area contributed by atoms with Gasteiger partial charge in [0.15, 0.2) is 11.6 Å².